The monoisotopic (exact) mass is 377 g/mol. The zero-order valence-corrected chi connectivity index (χ0v) is 15.3. The molecule has 1 amide bonds. The fourth-order valence-electron chi connectivity index (χ4n) is 2.32. The molecule has 0 aliphatic heterocycles. The van der Waals surface area contributed by atoms with Crippen LogP contribution in [0.2, 0.25) is 5.02 Å². The molecule has 0 saturated carbocycles. The Morgan fingerprint density at radius 3 is 2.62 bits per heavy atom. The number of nitro groups is 1. The number of carbonyl (C=O) groups is 1. The molecule has 2 rings (SSSR count). The number of carbonyl (C=O) groups excluding carboxylic acids is 1. The van der Waals surface area contributed by atoms with Gasteiger partial charge in [-0.2, -0.15) is 0 Å². The van der Waals surface area contributed by atoms with E-state index in [0.717, 1.165) is 0 Å². The van der Waals surface area contributed by atoms with E-state index in [1.54, 1.807) is 55.3 Å². The number of amides is 1. The van der Waals surface area contributed by atoms with E-state index in [-0.39, 0.29) is 23.8 Å². The largest absolute Gasteiger partial charge is 0.492 e. The molecule has 0 aliphatic carbocycles. The van der Waals surface area contributed by atoms with Crippen LogP contribution in [0.25, 0.3) is 0 Å². The molecule has 0 fully saturated rings. The molecule has 0 bridgehead atoms. The Labute approximate surface area is 156 Å². The molecule has 0 aromatic heterocycles. The van der Waals surface area contributed by atoms with Crippen molar-refractivity contribution < 1.29 is 14.5 Å². The number of para-hydroxylation sites is 1. The second kappa shape index (κ2) is 9.17. The van der Waals surface area contributed by atoms with Gasteiger partial charge < -0.3 is 10.1 Å². The number of nitrogens with zero attached hydrogens (tertiary/aromatic N) is 2. The molecule has 0 atom stereocenters. The van der Waals surface area contributed by atoms with Gasteiger partial charge in [-0.05, 0) is 43.8 Å². The van der Waals surface area contributed by atoms with Crippen LogP contribution in [0.4, 0.5) is 11.4 Å². The second-order valence-electron chi connectivity index (χ2n) is 5.81. The van der Waals surface area contributed by atoms with Gasteiger partial charge in [-0.15, -0.1) is 0 Å². The van der Waals surface area contributed by atoms with Crippen LogP contribution < -0.4 is 10.1 Å². The third-order valence-electron chi connectivity index (χ3n) is 3.68. The molecule has 2 aromatic carbocycles. The van der Waals surface area contributed by atoms with Crippen molar-refractivity contribution in [2.45, 2.75) is 6.92 Å². The number of nitro benzene ring substituents is 1. The number of ether oxygens (including phenoxy) is 1. The zero-order valence-electron chi connectivity index (χ0n) is 14.6. The van der Waals surface area contributed by atoms with E-state index in [1.165, 1.54) is 6.07 Å². The Balaban J connectivity index is 1.84. The minimum atomic E-state index is -0.508. The van der Waals surface area contributed by atoms with Crippen molar-refractivity contribution in [3.8, 4) is 5.75 Å². The molecule has 0 unspecified atom stereocenters. The van der Waals surface area contributed by atoms with E-state index in [0.29, 0.717) is 29.5 Å². The number of nitrogens with one attached hydrogen (secondary N) is 1. The van der Waals surface area contributed by atoms with Crippen LogP contribution >= 0.6 is 11.6 Å². The highest BCUT2D eigenvalue weighted by Crippen LogP contribution is 2.27. The van der Waals surface area contributed by atoms with Gasteiger partial charge in [0.2, 0.25) is 5.91 Å². The fourth-order valence-corrected chi connectivity index (χ4v) is 2.45. The van der Waals surface area contributed by atoms with Crippen LogP contribution in [0.3, 0.4) is 0 Å². The van der Waals surface area contributed by atoms with Crippen LogP contribution in [0.5, 0.6) is 5.75 Å². The average molecular weight is 378 g/mol. The highest BCUT2D eigenvalue weighted by molar-refractivity contribution is 6.30. The van der Waals surface area contributed by atoms with Crippen LogP contribution in [-0.2, 0) is 4.79 Å². The molecule has 7 nitrogen and oxygen atoms in total. The lowest BCUT2D eigenvalue weighted by atomic mass is 10.1. The van der Waals surface area contributed by atoms with Gasteiger partial charge in [0, 0.05) is 17.6 Å². The molecule has 8 heteroatoms. The van der Waals surface area contributed by atoms with Crippen molar-refractivity contribution in [1.82, 2.24) is 4.90 Å². The predicted molar refractivity (Wildman–Crippen MR) is 101 cm³/mol. The summed E-state index contributed by atoms with van der Waals surface area (Å²) in [5.74, 6) is 0.374. The van der Waals surface area contributed by atoms with Crippen LogP contribution in [0.15, 0.2) is 42.5 Å². The van der Waals surface area contributed by atoms with E-state index >= 15 is 0 Å². The molecule has 0 spiro atoms. The van der Waals surface area contributed by atoms with Gasteiger partial charge in [0.05, 0.1) is 11.5 Å². The molecule has 1 N–H and O–H groups in total. The number of rotatable bonds is 8. The van der Waals surface area contributed by atoms with Gasteiger partial charge in [0.15, 0.2) is 0 Å². The molecule has 0 saturated heterocycles. The van der Waals surface area contributed by atoms with E-state index < -0.39 is 4.92 Å². The minimum absolute atomic E-state index is 0.0927. The lowest BCUT2D eigenvalue weighted by Gasteiger charge is -2.17. The number of hydrogen-bond acceptors (Lipinski definition) is 5. The van der Waals surface area contributed by atoms with E-state index in [1.807, 2.05) is 0 Å². The fraction of sp³-hybridized carbons (Fsp3) is 0.278. The second-order valence-corrected chi connectivity index (χ2v) is 6.25. The summed E-state index contributed by atoms with van der Waals surface area (Å²) in [6.07, 6.45) is 0. The Kier molecular flexibility index (Phi) is 6.94. The molecule has 0 radical (unpaired) electrons. The molecular weight excluding hydrogens is 358 g/mol. The molecule has 138 valence electrons. The van der Waals surface area contributed by atoms with Crippen LogP contribution in [-0.4, -0.2) is 42.5 Å². The maximum absolute atomic E-state index is 12.2. The first-order valence-corrected chi connectivity index (χ1v) is 8.35. The quantitative estimate of drug-likeness (QED) is 0.562. The summed E-state index contributed by atoms with van der Waals surface area (Å²) in [4.78, 5) is 24.5. The normalized spacial score (nSPS) is 10.6. The standard InChI is InChI=1S/C18H20ClN3O4/c1-13-4-3-5-16(22(24)25)18(13)20-17(23)12-21(2)10-11-26-15-8-6-14(19)7-9-15/h3-9H,10-12H2,1-2H3,(H,20,23). The van der Waals surface area contributed by atoms with Crippen molar-refractivity contribution >= 4 is 28.9 Å². The Morgan fingerprint density at radius 1 is 1.27 bits per heavy atom. The summed E-state index contributed by atoms with van der Waals surface area (Å²) < 4.78 is 5.58. The smallest absolute Gasteiger partial charge is 0.293 e. The highest BCUT2D eigenvalue weighted by atomic mass is 35.5. The lowest BCUT2D eigenvalue weighted by Crippen LogP contribution is -2.33. The minimum Gasteiger partial charge on any atom is -0.492 e. The predicted octanol–water partition coefficient (Wildman–Crippen LogP) is 3.51. The van der Waals surface area contributed by atoms with Crippen molar-refractivity contribution in [2.75, 3.05) is 32.1 Å². The first-order valence-electron chi connectivity index (χ1n) is 7.97. The summed E-state index contributed by atoms with van der Waals surface area (Å²) in [5.41, 5.74) is 0.752. The maximum Gasteiger partial charge on any atom is 0.293 e. The molecule has 26 heavy (non-hydrogen) atoms. The number of anilines is 1. The van der Waals surface area contributed by atoms with Gasteiger partial charge in [-0.25, -0.2) is 0 Å². The number of benzene rings is 2. The summed E-state index contributed by atoms with van der Waals surface area (Å²) in [7, 11) is 1.77. The van der Waals surface area contributed by atoms with Gasteiger partial charge in [-0.3, -0.25) is 19.8 Å². The van der Waals surface area contributed by atoms with Crippen molar-refractivity contribution in [3.63, 3.8) is 0 Å². The van der Waals surface area contributed by atoms with Crippen LogP contribution in [0.1, 0.15) is 5.56 Å². The highest BCUT2D eigenvalue weighted by Gasteiger charge is 2.18. The van der Waals surface area contributed by atoms with E-state index in [2.05, 4.69) is 5.32 Å². The Bertz CT molecular complexity index is 781. The first kappa shape index (κ1) is 19.7. The van der Waals surface area contributed by atoms with E-state index in [4.69, 9.17) is 16.3 Å². The molecule has 2 aromatic rings. The number of halogens is 1. The topological polar surface area (TPSA) is 84.7 Å². The van der Waals surface area contributed by atoms with Gasteiger partial charge in [-0.1, -0.05) is 23.7 Å². The number of aryl methyl sites for hydroxylation is 1. The summed E-state index contributed by atoms with van der Waals surface area (Å²) >= 11 is 5.81. The SMILES string of the molecule is Cc1cccc([N+](=O)[O-])c1NC(=O)CN(C)CCOc1ccc(Cl)cc1. The molecular formula is C18H20ClN3O4. The van der Waals surface area contributed by atoms with E-state index in [9.17, 15) is 14.9 Å². The van der Waals surface area contributed by atoms with Crippen molar-refractivity contribution in [3.05, 3.63) is 63.2 Å². The number of likely N-dealkylation sites (N-methyl/N-ethyl adjacent to an activating group) is 1. The molecule has 0 heterocycles. The van der Waals surface area contributed by atoms with Gasteiger partial charge >= 0.3 is 0 Å². The lowest BCUT2D eigenvalue weighted by molar-refractivity contribution is -0.384. The van der Waals surface area contributed by atoms with Crippen molar-refractivity contribution in [2.24, 2.45) is 0 Å². The summed E-state index contributed by atoms with van der Waals surface area (Å²) in [5, 5.41) is 14.4. The maximum atomic E-state index is 12.2. The van der Waals surface area contributed by atoms with Gasteiger partial charge in [0.25, 0.3) is 5.69 Å². The summed E-state index contributed by atoms with van der Waals surface area (Å²) in [6.45, 7) is 2.73. The third-order valence-corrected chi connectivity index (χ3v) is 3.93. The average Bonchev–Trinajstić information content (AvgIpc) is 2.58. The van der Waals surface area contributed by atoms with Crippen LogP contribution in [0, 0.1) is 17.0 Å². The van der Waals surface area contributed by atoms with Gasteiger partial charge in [0.1, 0.15) is 18.0 Å². The Hall–Kier alpha value is -2.64. The first-order chi connectivity index (χ1) is 12.4. The third kappa shape index (κ3) is 5.72. The molecule has 0 aliphatic rings. The Morgan fingerprint density at radius 2 is 1.96 bits per heavy atom. The zero-order chi connectivity index (χ0) is 19.1. The number of hydrogen-bond donors (Lipinski definition) is 1. The van der Waals surface area contributed by atoms with Crippen molar-refractivity contribution in [1.29, 1.82) is 0 Å². The summed E-state index contributed by atoms with van der Waals surface area (Å²) in [6, 6.07) is 11.7.